The zero-order valence-corrected chi connectivity index (χ0v) is 16.7. The van der Waals surface area contributed by atoms with Crippen molar-refractivity contribution in [2.24, 2.45) is 7.05 Å². The number of pyridine rings is 1. The lowest BCUT2D eigenvalue weighted by molar-refractivity contribution is 0.205. The highest BCUT2D eigenvalue weighted by molar-refractivity contribution is 5.71. The van der Waals surface area contributed by atoms with E-state index in [-0.39, 0.29) is 0 Å². The summed E-state index contributed by atoms with van der Waals surface area (Å²) in [7, 11) is 3.82. The molecule has 0 radical (unpaired) electrons. The van der Waals surface area contributed by atoms with Gasteiger partial charge in [-0.2, -0.15) is 5.10 Å². The van der Waals surface area contributed by atoms with E-state index in [1.165, 1.54) is 22.6 Å². The van der Waals surface area contributed by atoms with E-state index in [9.17, 15) is 0 Å². The summed E-state index contributed by atoms with van der Waals surface area (Å²) < 4.78 is 7.37. The van der Waals surface area contributed by atoms with Crippen LogP contribution in [0.15, 0.2) is 12.3 Å². The Morgan fingerprint density at radius 1 is 1.27 bits per heavy atom. The van der Waals surface area contributed by atoms with Gasteiger partial charge in [0.05, 0.1) is 18.5 Å². The lowest BCUT2D eigenvalue weighted by Gasteiger charge is -2.30. The minimum absolute atomic E-state index is 0.727. The summed E-state index contributed by atoms with van der Waals surface area (Å²) in [5, 5.41) is 4.92. The van der Waals surface area contributed by atoms with Gasteiger partial charge < -0.3 is 14.5 Å². The Labute approximate surface area is 156 Å². The smallest absolute Gasteiger partial charge is 0.160 e. The molecule has 0 saturated heterocycles. The van der Waals surface area contributed by atoms with Gasteiger partial charge in [0.25, 0.3) is 0 Å². The van der Waals surface area contributed by atoms with Crippen LogP contribution in [0.5, 0.6) is 0 Å². The number of hydrogen-bond donors (Lipinski definition) is 0. The molecule has 0 atom stereocenters. The highest BCUT2D eigenvalue weighted by Gasteiger charge is 2.29. The SMILES string of the molecule is CCCN(CCOC)c1c2c(nn1C)N(c1cnc(C)cc1C)CCC2. The van der Waals surface area contributed by atoms with Crippen LogP contribution in [0.25, 0.3) is 0 Å². The molecule has 0 unspecified atom stereocenters. The molecule has 0 N–H and O–H groups in total. The van der Waals surface area contributed by atoms with E-state index in [1.807, 2.05) is 17.8 Å². The molecule has 0 amide bonds. The monoisotopic (exact) mass is 357 g/mol. The molecule has 0 bridgehead atoms. The second-order valence-corrected chi connectivity index (χ2v) is 7.10. The molecule has 1 aliphatic rings. The van der Waals surface area contributed by atoms with Crippen molar-refractivity contribution in [3.05, 3.63) is 29.1 Å². The molecule has 1 aliphatic heterocycles. The molecule has 2 aromatic rings. The number of methoxy groups -OCH3 is 1. The van der Waals surface area contributed by atoms with Gasteiger partial charge in [0.15, 0.2) is 5.82 Å². The van der Waals surface area contributed by atoms with E-state index < -0.39 is 0 Å². The lowest BCUT2D eigenvalue weighted by atomic mass is 10.0. The second-order valence-electron chi connectivity index (χ2n) is 7.10. The summed E-state index contributed by atoms with van der Waals surface area (Å²) in [4.78, 5) is 9.27. The molecular weight excluding hydrogens is 326 g/mol. The van der Waals surface area contributed by atoms with Gasteiger partial charge in [-0.3, -0.25) is 9.67 Å². The van der Waals surface area contributed by atoms with Crippen LogP contribution >= 0.6 is 0 Å². The van der Waals surface area contributed by atoms with Gasteiger partial charge in [-0.25, -0.2) is 0 Å². The molecular formula is C20H31N5O. The van der Waals surface area contributed by atoms with Gasteiger partial charge in [0.1, 0.15) is 5.82 Å². The van der Waals surface area contributed by atoms with Crippen LogP contribution in [0.4, 0.5) is 17.3 Å². The van der Waals surface area contributed by atoms with Gasteiger partial charge in [0, 0.05) is 45.0 Å². The first-order chi connectivity index (χ1) is 12.6. The fourth-order valence-corrected chi connectivity index (χ4v) is 3.90. The zero-order chi connectivity index (χ0) is 18.7. The van der Waals surface area contributed by atoms with Crippen molar-refractivity contribution >= 4 is 17.3 Å². The third-order valence-electron chi connectivity index (χ3n) is 5.02. The molecule has 0 fully saturated rings. The molecule has 6 heteroatoms. The Hall–Kier alpha value is -2.08. The molecule has 3 rings (SSSR count). The quantitative estimate of drug-likeness (QED) is 0.760. The van der Waals surface area contributed by atoms with Crippen molar-refractivity contribution in [3.63, 3.8) is 0 Å². The highest BCUT2D eigenvalue weighted by atomic mass is 16.5. The van der Waals surface area contributed by atoms with Crippen LogP contribution in [-0.4, -0.2) is 48.1 Å². The number of ether oxygens (including phenoxy) is 1. The van der Waals surface area contributed by atoms with Crippen LogP contribution in [-0.2, 0) is 18.2 Å². The summed E-state index contributed by atoms with van der Waals surface area (Å²) in [6.45, 7) is 10.0. The number of fused-ring (bicyclic) bond motifs is 1. The van der Waals surface area contributed by atoms with E-state index in [4.69, 9.17) is 9.84 Å². The minimum Gasteiger partial charge on any atom is -0.383 e. The molecule has 26 heavy (non-hydrogen) atoms. The van der Waals surface area contributed by atoms with Crippen molar-refractivity contribution in [2.45, 2.75) is 40.0 Å². The molecule has 2 aromatic heterocycles. The maximum Gasteiger partial charge on any atom is 0.160 e. The lowest BCUT2D eigenvalue weighted by Crippen LogP contribution is -2.31. The fraction of sp³-hybridized carbons (Fsp3) is 0.600. The number of anilines is 3. The summed E-state index contributed by atoms with van der Waals surface area (Å²) in [6.07, 6.45) is 5.29. The summed E-state index contributed by atoms with van der Waals surface area (Å²) in [5.41, 5.74) is 4.82. The third-order valence-corrected chi connectivity index (χ3v) is 5.02. The van der Waals surface area contributed by atoms with Gasteiger partial charge in [-0.15, -0.1) is 0 Å². The number of hydrogen-bond acceptors (Lipinski definition) is 5. The normalized spacial score (nSPS) is 13.8. The molecule has 0 aliphatic carbocycles. The Balaban J connectivity index is 2.01. The highest BCUT2D eigenvalue weighted by Crippen LogP contribution is 2.38. The Morgan fingerprint density at radius 2 is 2.08 bits per heavy atom. The van der Waals surface area contributed by atoms with Crippen LogP contribution in [0.3, 0.4) is 0 Å². The van der Waals surface area contributed by atoms with E-state index >= 15 is 0 Å². The molecule has 142 valence electrons. The number of rotatable bonds is 7. The average molecular weight is 358 g/mol. The summed E-state index contributed by atoms with van der Waals surface area (Å²) in [5.74, 6) is 2.32. The molecule has 0 aromatic carbocycles. The van der Waals surface area contributed by atoms with E-state index in [1.54, 1.807) is 7.11 Å². The first-order valence-electron chi connectivity index (χ1n) is 9.57. The molecule has 0 spiro atoms. The van der Waals surface area contributed by atoms with E-state index in [2.05, 4.69) is 41.7 Å². The number of aryl methyl sites for hydroxylation is 3. The average Bonchev–Trinajstić information content (AvgIpc) is 2.95. The Bertz CT molecular complexity index is 755. The fourth-order valence-electron chi connectivity index (χ4n) is 3.90. The predicted molar refractivity (Wildman–Crippen MR) is 107 cm³/mol. The van der Waals surface area contributed by atoms with Crippen LogP contribution in [0.1, 0.15) is 36.6 Å². The topological polar surface area (TPSA) is 46.4 Å². The van der Waals surface area contributed by atoms with Crippen molar-refractivity contribution < 1.29 is 4.74 Å². The zero-order valence-electron chi connectivity index (χ0n) is 16.7. The van der Waals surface area contributed by atoms with E-state index in [0.717, 1.165) is 57.0 Å². The third kappa shape index (κ3) is 3.56. The van der Waals surface area contributed by atoms with Gasteiger partial charge >= 0.3 is 0 Å². The predicted octanol–water partition coefficient (Wildman–Crippen LogP) is 3.38. The van der Waals surface area contributed by atoms with Crippen LogP contribution in [0.2, 0.25) is 0 Å². The van der Waals surface area contributed by atoms with Crippen molar-refractivity contribution in [3.8, 4) is 0 Å². The van der Waals surface area contributed by atoms with Gasteiger partial charge in [0.2, 0.25) is 0 Å². The Morgan fingerprint density at radius 3 is 2.77 bits per heavy atom. The minimum atomic E-state index is 0.727. The molecule has 0 saturated carbocycles. The first-order valence-corrected chi connectivity index (χ1v) is 9.57. The summed E-state index contributed by atoms with van der Waals surface area (Å²) in [6, 6.07) is 2.15. The standard InChI is InChI=1S/C20H31N5O/c1-6-9-24(11-12-26-5)20-17-8-7-10-25(19(17)22-23(20)4)18-14-21-16(3)13-15(18)2/h13-14H,6-12H2,1-5H3. The van der Waals surface area contributed by atoms with Crippen molar-refractivity contribution in [1.82, 2.24) is 14.8 Å². The van der Waals surface area contributed by atoms with Gasteiger partial charge in [-0.05, 0) is 44.7 Å². The number of nitrogens with zero attached hydrogens (tertiary/aromatic N) is 5. The molecule has 3 heterocycles. The maximum absolute atomic E-state index is 5.33. The first kappa shape index (κ1) is 18.7. The Kier molecular flexibility index (Phi) is 5.81. The largest absolute Gasteiger partial charge is 0.383 e. The maximum atomic E-state index is 5.33. The second kappa shape index (κ2) is 8.08. The van der Waals surface area contributed by atoms with Crippen molar-refractivity contribution in [2.75, 3.05) is 43.2 Å². The number of aromatic nitrogens is 3. The van der Waals surface area contributed by atoms with Crippen molar-refractivity contribution in [1.29, 1.82) is 0 Å². The molecule has 6 nitrogen and oxygen atoms in total. The van der Waals surface area contributed by atoms with Crippen LogP contribution in [0, 0.1) is 13.8 Å². The van der Waals surface area contributed by atoms with Gasteiger partial charge in [-0.1, -0.05) is 6.92 Å². The van der Waals surface area contributed by atoms with Crippen LogP contribution < -0.4 is 9.80 Å². The summed E-state index contributed by atoms with van der Waals surface area (Å²) >= 11 is 0. The van der Waals surface area contributed by atoms with E-state index in [0.29, 0.717) is 0 Å².